The van der Waals surface area contributed by atoms with Gasteiger partial charge in [-0.05, 0) is 60.2 Å². The third kappa shape index (κ3) is 3.91. The molecular formula is C31H32N2O4. The van der Waals surface area contributed by atoms with Crippen LogP contribution in [0.25, 0.3) is 32.9 Å². The summed E-state index contributed by atoms with van der Waals surface area (Å²) in [6.07, 6.45) is 2.05. The molecule has 190 valence electrons. The first-order chi connectivity index (χ1) is 18.0. The zero-order valence-electron chi connectivity index (χ0n) is 21.6. The molecule has 0 saturated carbocycles. The van der Waals surface area contributed by atoms with Gasteiger partial charge >= 0.3 is 5.97 Å². The number of nitrogens with one attached hydrogen (secondary N) is 1. The molecular weight excluding hydrogens is 464 g/mol. The fraction of sp³-hybridized carbons (Fsp3) is 0.355. The molecule has 1 aliphatic carbocycles. The van der Waals surface area contributed by atoms with E-state index in [1.165, 1.54) is 16.6 Å². The lowest BCUT2D eigenvalue weighted by Gasteiger charge is -2.14. The van der Waals surface area contributed by atoms with Gasteiger partial charge in [-0.15, -0.1) is 0 Å². The van der Waals surface area contributed by atoms with Crippen LogP contribution in [-0.4, -0.2) is 29.2 Å². The van der Waals surface area contributed by atoms with Crippen LogP contribution < -0.4 is 5.32 Å². The van der Waals surface area contributed by atoms with Crippen LogP contribution in [-0.2, 0) is 40.4 Å². The lowest BCUT2D eigenvalue weighted by atomic mass is 9.92. The van der Waals surface area contributed by atoms with E-state index in [2.05, 4.69) is 52.3 Å². The van der Waals surface area contributed by atoms with Gasteiger partial charge in [0.2, 0.25) is 0 Å². The number of carbonyl (C=O) groups is 2. The zero-order valence-corrected chi connectivity index (χ0v) is 21.6. The molecule has 2 heterocycles. The quantitative estimate of drug-likeness (QED) is 0.215. The molecule has 0 atom stereocenters. The van der Waals surface area contributed by atoms with E-state index in [1.54, 1.807) is 0 Å². The smallest absolute Gasteiger partial charge is 0.305 e. The van der Waals surface area contributed by atoms with Crippen molar-refractivity contribution in [3.8, 4) is 11.1 Å². The Balaban J connectivity index is 1.58. The molecule has 6 heteroatoms. The average molecular weight is 497 g/mol. The summed E-state index contributed by atoms with van der Waals surface area (Å²) >= 11 is 0. The second-order valence-electron chi connectivity index (χ2n) is 10.2. The number of hydrogen-bond donors (Lipinski definition) is 1. The minimum Gasteiger partial charge on any atom is -0.466 e. The molecule has 1 aliphatic heterocycles. The van der Waals surface area contributed by atoms with Crippen molar-refractivity contribution in [3.63, 3.8) is 0 Å². The number of benzene rings is 3. The summed E-state index contributed by atoms with van der Waals surface area (Å²) in [5.41, 5.74) is 10.1. The van der Waals surface area contributed by atoms with Crippen molar-refractivity contribution in [1.29, 1.82) is 0 Å². The standard InChI is InChI=1S/C31H32N2O4/c1-4-26(34)36-13-7-12-33-25-11-10-19(17-37-18(2)3)14-22(25)28-24-16-32-31(35)29(24)27-21-9-6-5-8-20(21)15-23(27)30(28)33/h5-6,8-11,14,18H,4,7,12-13,15-17H2,1-3H3,(H,32,35). The van der Waals surface area contributed by atoms with E-state index in [1.807, 2.05) is 20.8 Å². The average Bonchev–Trinajstić information content (AvgIpc) is 3.56. The van der Waals surface area contributed by atoms with Crippen molar-refractivity contribution in [2.45, 2.75) is 65.8 Å². The van der Waals surface area contributed by atoms with Crippen LogP contribution in [0.15, 0.2) is 42.5 Å². The lowest BCUT2D eigenvalue weighted by molar-refractivity contribution is -0.143. The van der Waals surface area contributed by atoms with Crippen molar-refractivity contribution in [2.24, 2.45) is 0 Å². The number of rotatable bonds is 8. The van der Waals surface area contributed by atoms with E-state index in [-0.39, 0.29) is 18.0 Å². The largest absolute Gasteiger partial charge is 0.466 e. The Morgan fingerprint density at radius 2 is 1.95 bits per heavy atom. The number of nitrogens with zero attached hydrogens (tertiary/aromatic N) is 1. The maximum atomic E-state index is 13.2. The summed E-state index contributed by atoms with van der Waals surface area (Å²) < 4.78 is 13.7. The fourth-order valence-electron chi connectivity index (χ4n) is 5.92. The van der Waals surface area contributed by atoms with E-state index in [0.717, 1.165) is 63.5 Å². The Bertz CT molecular complexity index is 1560. The van der Waals surface area contributed by atoms with Gasteiger partial charge < -0.3 is 19.4 Å². The summed E-state index contributed by atoms with van der Waals surface area (Å²) in [4.78, 5) is 24.9. The molecule has 2 aliphatic rings. The predicted molar refractivity (Wildman–Crippen MR) is 145 cm³/mol. The van der Waals surface area contributed by atoms with Gasteiger partial charge in [0.25, 0.3) is 5.91 Å². The summed E-state index contributed by atoms with van der Waals surface area (Å²) in [7, 11) is 0. The van der Waals surface area contributed by atoms with E-state index in [4.69, 9.17) is 9.47 Å². The molecule has 1 aromatic heterocycles. The number of fused-ring (bicyclic) bond motifs is 10. The summed E-state index contributed by atoms with van der Waals surface area (Å²) in [5, 5.41) is 5.42. The maximum absolute atomic E-state index is 13.2. The molecule has 6 nitrogen and oxygen atoms in total. The number of aryl methyl sites for hydroxylation is 1. The van der Waals surface area contributed by atoms with Gasteiger partial charge in [0, 0.05) is 47.8 Å². The summed E-state index contributed by atoms with van der Waals surface area (Å²) in [5.74, 6) is -0.160. The molecule has 37 heavy (non-hydrogen) atoms. The highest BCUT2D eigenvalue weighted by atomic mass is 16.5. The first kappa shape index (κ1) is 23.7. The zero-order chi connectivity index (χ0) is 25.7. The van der Waals surface area contributed by atoms with Crippen molar-refractivity contribution in [3.05, 3.63) is 70.3 Å². The summed E-state index contributed by atoms with van der Waals surface area (Å²) in [6.45, 7) is 8.08. The third-order valence-corrected chi connectivity index (χ3v) is 7.54. The van der Waals surface area contributed by atoms with Crippen LogP contribution in [0, 0.1) is 0 Å². The second kappa shape index (κ2) is 9.34. The maximum Gasteiger partial charge on any atom is 0.305 e. The molecule has 1 amide bonds. The Morgan fingerprint density at radius 3 is 2.76 bits per heavy atom. The number of esters is 1. The summed E-state index contributed by atoms with van der Waals surface area (Å²) in [6, 6.07) is 15.0. The first-order valence-electron chi connectivity index (χ1n) is 13.2. The van der Waals surface area contributed by atoms with Gasteiger partial charge in [-0.3, -0.25) is 9.59 Å². The first-order valence-corrected chi connectivity index (χ1v) is 13.2. The minimum absolute atomic E-state index is 0.0107. The van der Waals surface area contributed by atoms with Crippen LogP contribution in [0.5, 0.6) is 0 Å². The van der Waals surface area contributed by atoms with E-state index < -0.39 is 0 Å². The number of hydrogen-bond acceptors (Lipinski definition) is 4. The Hall–Kier alpha value is -3.64. The van der Waals surface area contributed by atoms with Crippen molar-refractivity contribution in [2.75, 3.05) is 6.61 Å². The van der Waals surface area contributed by atoms with E-state index in [9.17, 15) is 9.59 Å². The van der Waals surface area contributed by atoms with Gasteiger partial charge in [0.05, 0.1) is 30.4 Å². The Labute approximate surface area is 216 Å². The van der Waals surface area contributed by atoms with Gasteiger partial charge in [-0.2, -0.15) is 0 Å². The third-order valence-electron chi connectivity index (χ3n) is 7.54. The topological polar surface area (TPSA) is 69.6 Å². The number of ether oxygens (including phenoxy) is 2. The van der Waals surface area contributed by atoms with Crippen LogP contribution >= 0.6 is 0 Å². The second-order valence-corrected chi connectivity index (χ2v) is 10.2. The van der Waals surface area contributed by atoms with Crippen LogP contribution in [0.4, 0.5) is 0 Å². The molecule has 1 N–H and O–H groups in total. The highest BCUT2D eigenvalue weighted by molar-refractivity contribution is 6.20. The van der Waals surface area contributed by atoms with Crippen molar-refractivity contribution >= 4 is 33.7 Å². The van der Waals surface area contributed by atoms with Gasteiger partial charge in [-0.1, -0.05) is 37.3 Å². The van der Waals surface area contributed by atoms with Gasteiger partial charge in [0.15, 0.2) is 0 Å². The van der Waals surface area contributed by atoms with Crippen molar-refractivity contribution in [1.82, 2.24) is 9.88 Å². The van der Waals surface area contributed by atoms with Gasteiger partial charge in [-0.25, -0.2) is 0 Å². The molecule has 4 aromatic rings. The molecule has 6 rings (SSSR count). The molecule has 0 bridgehead atoms. The lowest BCUT2D eigenvalue weighted by Crippen LogP contribution is -2.13. The normalized spacial score (nSPS) is 13.8. The SMILES string of the molecule is CCC(=O)OCCCn1c2ccc(COC(C)C)cc2c2c3c(c4c(c21)Cc1ccccc1-4)C(=O)NC3. The molecule has 0 fully saturated rings. The Kier molecular flexibility index (Phi) is 6.00. The minimum atomic E-state index is -0.171. The fourth-order valence-corrected chi connectivity index (χ4v) is 5.92. The Morgan fingerprint density at radius 1 is 1.11 bits per heavy atom. The molecule has 0 saturated heterocycles. The highest BCUT2D eigenvalue weighted by Gasteiger charge is 2.35. The number of carbonyl (C=O) groups excluding carboxylic acids is 2. The number of amides is 1. The van der Waals surface area contributed by atoms with E-state index in [0.29, 0.717) is 26.2 Å². The number of aromatic nitrogens is 1. The van der Waals surface area contributed by atoms with E-state index >= 15 is 0 Å². The molecule has 0 spiro atoms. The molecule has 0 radical (unpaired) electrons. The van der Waals surface area contributed by atoms with Crippen LogP contribution in [0.2, 0.25) is 0 Å². The molecule has 3 aromatic carbocycles. The van der Waals surface area contributed by atoms with Crippen LogP contribution in [0.1, 0.15) is 66.2 Å². The molecule has 0 unspecified atom stereocenters. The highest BCUT2D eigenvalue weighted by Crippen LogP contribution is 2.48. The predicted octanol–water partition coefficient (Wildman–Crippen LogP) is 5.88. The van der Waals surface area contributed by atoms with Crippen LogP contribution in [0.3, 0.4) is 0 Å². The monoisotopic (exact) mass is 496 g/mol. The van der Waals surface area contributed by atoms with Crippen molar-refractivity contribution < 1.29 is 19.1 Å². The van der Waals surface area contributed by atoms with Gasteiger partial charge in [0.1, 0.15) is 0 Å².